The van der Waals surface area contributed by atoms with Gasteiger partial charge in [-0.25, -0.2) is 0 Å². The molecule has 0 atom stereocenters. The van der Waals surface area contributed by atoms with Gasteiger partial charge in [-0.3, -0.25) is 9.59 Å². The van der Waals surface area contributed by atoms with Gasteiger partial charge in [-0.15, -0.1) is 0 Å². The smallest absolute Gasteiger partial charge is 0.220 e. The van der Waals surface area contributed by atoms with Crippen LogP contribution in [0.25, 0.3) is 0 Å². The van der Waals surface area contributed by atoms with E-state index in [2.05, 4.69) is 18.7 Å². The second kappa shape index (κ2) is 26.9. The van der Waals surface area contributed by atoms with Gasteiger partial charge in [-0.2, -0.15) is 0 Å². The predicted octanol–water partition coefficient (Wildman–Crippen LogP) is 5.47. The van der Waals surface area contributed by atoms with Crippen molar-refractivity contribution in [3.05, 3.63) is 0 Å². The molecule has 1 aliphatic heterocycles. The summed E-state index contributed by atoms with van der Waals surface area (Å²) < 4.78 is 0. The molecule has 29 heavy (non-hydrogen) atoms. The minimum Gasteiger partial charge on any atom is -0.369 e. The van der Waals surface area contributed by atoms with Crippen molar-refractivity contribution in [3.8, 4) is 0 Å². The maximum Gasteiger partial charge on any atom is 0.220 e. The van der Waals surface area contributed by atoms with E-state index >= 15 is 0 Å². The summed E-state index contributed by atoms with van der Waals surface area (Å²) >= 11 is 0. The van der Waals surface area contributed by atoms with Crippen LogP contribution in [0.3, 0.4) is 0 Å². The Morgan fingerprint density at radius 3 is 1.72 bits per heavy atom. The Labute approximate surface area is 182 Å². The Balaban J connectivity index is -0.000000322. The van der Waals surface area contributed by atoms with Gasteiger partial charge in [0.05, 0.1) is 0 Å². The summed E-state index contributed by atoms with van der Waals surface area (Å²) in [4.78, 5) is 24.9. The van der Waals surface area contributed by atoms with Crippen molar-refractivity contribution < 1.29 is 9.59 Å². The lowest BCUT2D eigenvalue weighted by Gasteiger charge is -2.17. The van der Waals surface area contributed by atoms with Gasteiger partial charge in [0, 0.05) is 19.0 Å². The zero-order valence-corrected chi connectivity index (χ0v) is 20.8. The number of carbonyl (C=O) groups is 2. The van der Waals surface area contributed by atoms with Crippen molar-refractivity contribution in [2.24, 2.45) is 11.7 Å². The van der Waals surface area contributed by atoms with E-state index in [0.717, 1.165) is 38.8 Å². The number of amides is 2. The molecule has 2 amide bonds. The fraction of sp³-hybridized carbons (Fsp3) is 0.917. The number of carbonyl (C=O) groups excluding carboxylic acids is 2. The normalized spacial score (nSPS) is 15.7. The molecule has 0 bridgehead atoms. The average Bonchev–Trinajstić information content (AvgIpc) is 3.30. The first kappa shape index (κ1) is 32.6. The number of nitrogens with two attached hydrogens (primary N) is 1. The standard InChI is InChI=1S/C7H13NO.C7H15N.C6H13NO.2C2H6/c8-7(9)6-4-2-1-3-5-6;1-2-5-8-6-3-4-7-8;1-3-5-7(4-2)6-8;2*1-2/h6H,1-5H2,(H2,8,9);2-7H2,1H3;6H,3-5H2,1-2H3;2*1-2H3. The van der Waals surface area contributed by atoms with E-state index in [1.807, 2.05) is 34.6 Å². The van der Waals surface area contributed by atoms with Gasteiger partial charge < -0.3 is 15.5 Å². The lowest BCUT2D eigenvalue weighted by atomic mass is 9.89. The van der Waals surface area contributed by atoms with Crippen LogP contribution < -0.4 is 5.73 Å². The lowest BCUT2D eigenvalue weighted by Crippen LogP contribution is -2.24. The molecule has 176 valence electrons. The summed E-state index contributed by atoms with van der Waals surface area (Å²) in [6.07, 6.45) is 11.8. The topological polar surface area (TPSA) is 66.6 Å². The Bertz CT molecular complexity index is 326. The van der Waals surface area contributed by atoms with Gasteiger partial charge in [0.2, 0.25) is 12.3 Å². The highest BCUT2D eigenvalue weighted by atomic mass is 16.1. The van der Waals surface area contributed by atoms with Crippen LogP contribution in [0.5, 0.6) is 0 Å². The molecule has 0 radical (unpaired) electrons. The van der Waals surface area contributed by atoms with Gasteiger partial charge in [-0.05, 0) is 65.1 Å². The van der Waals surface area contributed by atoms with Crippen molar-refractivity contribution in [2.75, 3.05) is 32.7 Å². The number of likely N-dealkylation sites (tertiary alicyclic amines) is 1. The van der Waals surface area contributed by atoms with Crippen molar-refractivity contribution in [2.45, 2.75) is 106 Å². The Kier molecular flexibility index (Phi) is 30.2. The SMILES string of the molecule is CC.CC.CCCN(C=O)CC.CCCN1CCCC1.NC(=O)C1CCCCC1. The van der Waals surface area contributed by atoms with E-state index in [-0.39, 0.29) is 11.8 Å². The second-order valence-electron chi connectivity index (χ2n) is 7.02. The first-order valence-corrected chi connectivity index (χ1v) is 12.3. The first-order chi connectivity index (χ1) is 14.1. The fourth-order valence-electron chi connectivity index (χ4n) is 3.28. The van der Waals surface area contributed by atoms with Crippen LogP contribution in [0.2, 0.25) is 0 Å². The largest absolute Gasteiger partial charge is 0.369 e. The molecule has 0 aromatic carbocycles. The summed E-state index contributed by atoms with van der Waals surface area (Å²) in [6.45, 7) is 20.0. The third kappa shape index (κ3) is 21.4. The van der Waals surface area contributed by atoms with Crippen LogP contribution in [-0.2, 0) is 9.59 Å². The number of rotatable bonds is 7. The summed E-state index contributed by atoms with van der Waals surface area (Å²) in [5.74, 6) is 0.0912. The van der Waals surface area contributed by atoms with Crippen molar-refractivity contribution in [3.63, 3.8) is 0 Å². The van der Waals surface area contributed by atoms with Crippen molar-refractivity contribution in [1.82, 2.24) is 9.80 Å². The molecule has 1 saturated heterocycles. The molecular formula is C24H53N3O2. The Morgan fingerprint density at radius 1 is 0.931 bits per heavy atom. The molecule has 2 fully saturated rings. The van der Waals surface area contributed by atoms with Gasteiger partial charge in [0.15, 0.2) is 0 Å². The molecule has 5 nitrogen and oxygen atoms in total. The molecule has 5 heteroatoms. The molecule has 0 spiro atoms. The molecule has 1 heterocycles. The molecule has 2 rings (SSSR count). The van der Waals surface area contributed by atoms with Crippen molar-refractivity contribution in [1.29, 1.82) is 0 Å². The maximum absolute atomic E-state index is 10.6. The third-order valence-electron chi connectivity index (χ3n) is 4.81. The summed E-state index contributed by atoms with van der Waals surface area (Å²) in [7, 11) is 0. The quantitative estimate of drug-likeness (QED) is 0.560. The van der Waals surface area contributed by atoms with E-state index in [4.69, 9.17) is 5.73 Å². The zero-order valence-electron chi connectivity index (χ0n) is 20.8. The highest BCUT2D eigenvalue weighted by Gasteiger charge is 2.17. The second-order valence-corrected chi connectivity index (χ2v) is 7.02. The Hall–Kier alpha value is -1.10. The average molecular weight is 416 g/mol. The van der Waals surface area contributed by atoms with E-state index in [0.29, 0.717) is 0 Å². The monoisotopic (exact) mass is 415 g/mol. The Morgan fingerprint density at radius 2 is 1.45 bits per heavy atom. The minimum atomic E-state index is -0.102. The van der Waals surface area contributed by atoms with Crippen LogP contribution >= 0.6 is 0 Å². The van der Waals surface area contributed by atoms with Crippen molar-refractivity contribution >= 4 is 12.3 Å². The lowest BCUT2D eigenvalue weighted by molar-refractivity contribution is -0.122. The van der Waals surface area contributed by atoms with Gasteiger partial charge in [0.25, 0.3) is 0 Å². The summed E-state index contributed by atoms with van der Waals surface area (Å²) in [5, 5.41) is 0. The fourth-order valence-corrected chi connectivity index (χ4v) is 3.28. The molecular weight excluding hydrogens is 362 g/mol. The molecule has 0 aromatic rings. The van der Waals surface area contributed by atoms with Crippen LogP contribution in [-0.4, -0.2) is 54.8 Å². The van der Waals surface area contributed by atoms with Crippen LogP contribution in [0.15, 0.2) is 0 Å². The van der Waals surface area contributed by atoms with Gasteiger partial charge >= 0.3 is 0 Å². The third-order valence-corrected chi connectivity index (χ3v) is 4.81. The number of hydrogen-bond acceptors (Lipinski definition) is 3. The molecule has 1 saturated carbocycles. The van der Waals surface area contributed by atoms with Crippen LogP contribution in [0.1, 0.15) is 106 Å². The number of nitrogens with zero attached hydrogens (tertiary/aromatic N) is 2. The van der Waals surface area contributed by atoms with Gasteiger partial charge in [0.1, 0.15) is 0 Å². The number of primary amides is 1. The molecule has 0 aromatic heterocycles. The molecule has 2 N–H and O–H groups in total. The highest BCUT2D eigenvalue weighted by Crippen LogP contribution is 2.22. The predicted molar refractivity (Wildman–Crippen MR) is 128 cm³/mol. The van der Waals surface area contributed by atoms with E-state index in [1.54, 1.807) is 4.90 Å². The molecule has 0 unspecified atom stereocenters. The maximum atomic E-state index is 10.6. The van der Waals surface area contributed by atoms with E-state index in [9.17, 15) is 9.59 Å². The van der Waals surface area contributed by atoms with Crippen LogP contribution in [0.4, 0.5) is 0 Å². The van der Waals surface area contributed by atoms with Gasteiger partial charge in [-0.1, -0.05) is 60.8 Å². The van der Waals surface area contributed by atoms with E-state index < -0.39 is 0 Å². The number of hydrogen-bond donors (Lipinski definition) is 1. The molecule has 1 aliphatic carbocycles. The van der Waals surface area contributed by atoms with Crippen LogP contribution in [0, 0.1) is 5.92 Å². The highest BCUT2D eigenvalue weighted by molar-refractivity contribution is 5.76. The first-order valence-electron chi connectivity index (χ1n) is 12.3. The minimum absolute atomic E-state index is 0.102. The summed E-state index contributed by atoms with van der Waals surface area (Å²) in [6, 6.07) is 0. The molecule has 2 aliphatic rings. The zero-order chi connectivity index (χ0) is 22.9. The summed E-state index contributed by atoms with van der Waals surface area (Å²) in [5.41, 5.74) is 5.13. The van der Waals surface area contributed by atoms with E-state index in [1.165, 1.54) is 58.2 Å².